The van der Waals surface area contributed by atoms with Crippen molar-refractivity contribution in [3.8, 4) is 5.75 Å². The maximum atomic E-state index is 5.67. The van der Waals surface area contributed by atoms with Crippen molar-refractivity contribution < 1.29 is 4.74 Å². The van der Waals surface area contributed by atoms with Crippen molar-refractivity contribution in [2.75, 3.05) is 13.2 Å². The fraction of sp³-hybridized carbons (Fsp3) is 0.208. The first-order valence-electron chi connectivity index (χ1n) is 9.59. The zero-order chi connectivity index (χ0) is 22.2. The van der Waals surface area contributed by atoms with Crippen molar-refractivity contribution in [2.24, 2.45) is 20.7 Å². The minimum atomic E-state index is 0.494. The molecule has 0 heterocycles. The summed E-state index contributed by atoms with van der Waals surface area (Å²) in [6, 6.07) is 7.82. The van der Waals surface area contributed by atoms with Crippen LogP contribution >= 0.6 is 0 Å². The van der Waals surface area contributed by atoms with Gasteiger partial charge in [0, 0.05) is 35.6 Å². The molecule has 0 unspecified atom stereocenters. The average Bonchev–Trinajstić information content (AvgIpc) is 2.71. The van der Waals surface area contributed by atoms with Crippen LogP contribution in [0.1, 0.15) is 25.8 Å². The monoisotopic (exact) mass is 405 g/mol. The Morgan fingerprint density at radius 3 is 2.60 bits per heavy atom. The van der Waals surface area contributed by atoms with E-state index in [9.17, 15) is 0 Å². The SMILES string of the molecule is C=CN=C(C)/C=C\C=C(/C=NC(=C)N/C(C)=C/N=C)c1ccc(OCCCN)cc1. The second-order valence-electron chi connectivity index (χ2n) is 6.27. The van der Waals surface area contributed by atoms with Crippen LogP contribution in [0.25, 0.3) is 5.57 Å². The van der Waals surface area contributed by atoms with Crippen LogP contribution in [0.15, 0.2) is 94.5 Å². The molecule has 0 aliphatic heterocycles. The molecule has 0 radical (unpaired) electrons. The van der Waals surface area contributed by atoms with E-state index in [1.807, 2.05) is 56.3 Å². The summed E-state index contributed by atoms with van der Waals surface area (Å²) in [4.78, 5) is 12.3. The van der Waals surface area contributed by atoms with Crippen molar-refractivity contribution in [1.82, 2.24) is 5.32 Å². The van der Waals surface area contributed by atoms with Crippen LogP contribution < -0.4 is 15.8 Å². The van der Waals surface area contributed by atoms with Crippen molar-refractivity contribution in [1.29, 1.82) is 0 Å². The molecular formula is C24H31N5O. The summed E-state index contributed by atoms with van der Waals surface area (Å²) >= 11 is 0. The summed E-state index contributed by atoms with van der Waals surface area (Å²) in [5.41, 5.74) is 9.04. The largest absolute Gasteiger partial charge is 0.494 e. The molecule has 0 fully saturated rings. The molecule has 0 saturated heterocycles. The van der Waals surface area contributed by atoms with E-state index < -0.39 is 0 Å². The van der Waals surface area contributed by atoms with Crippen LogP contribution in [-0.2, 0) is 0 Å². The Morgan fingerprint density at radius 2 is 1.97 bits per heavy atom. The van der Waals surface area contributed by atoms with Gasteiger partial charge in [0.1, 0.15) is 11.6 Å². The first-order valence-corrected chi connectivity index (χ1v) is 9.59. The van der Waals surface area contributed by atoms with Gasteiger partial charge in [0.05, 0.1) is 6.61 Å². The van der Waals surface area contributed by atoms with Crippen molar-refractivity contribution in [3.05, 3.63) is 85.1 Å². The molecule has 0 aliphatic carbocycles. The van der Waals surface area contributed by atoms with E-state index in [0.717, 1.165) is 34.7 Å². The molecule has 6 nitrogen and oxygen atoms in total. The Morgan fingerprint density at radius 1 is 1.23 bits per heavy atom. The number of ether oxygens (including phenoxy) is 1. The van der Waals surface area contributed by atoms with Gasteiger partial charge in [-0.15, -0.1) is 0 Å². The van der Waals surface area contributed by atoms with Crippen LogP contribution in [0.3, 0.4) is 0 Å². The Kier molecular flexibility index (Phi) is 11.8. The molecule has 1 rings (SSSR count). The van der Waals surface area contributed by atoms with Crippen LogP contribution in [0.2, 0.25) is 0 Å². The molecule has 1 aromatic carbocycles. The molecule has 0 saturated carbocycles. The zero-order valence-corrected chi connectivity index (χ0v) is 17.8. The number of nitrogens with one attached hydrogen (secondary N) is 1. The lowest BCUT2D eigenvalue weighted by molar-refractivity contribution is 0.313. The fourth-order valence-corrected chi connectivity index (χ4v) is 2.29. The standard InChI is InChI=1S/C24H31N5O/c1-6-27-19(2)9-7-10-23(18-28-21(4)29-20(3)17-26-5)22-11-13-24(14-12-22)30-16-8-15-25/h6-7,9-14,17-18,29H,1,4-5,8,15-16,25H2,2-3H3/b9-7-,20-17+,23-10+,27-19?,28-18?. The Hall–Kier alpha value is -3.51. The molecular weight excluding hydrogens is 374 g/mol. The lowest BCUT2D eigenvalue weighted by Gasteiger charge is -2.08. The summed E-state index contributed by atoms with van der Waals surface area (Å²) in [6.45, 7) is 15.9. The molecule has 3 N–H and O–H groups in total. The number of aliphatic imine (C=N–C) groups is 3. The number of hydrogen-bond acceptors (Lipinski definition) is 6. The Bertz CT molecular complexity index is 858. The summed E-state index contributed by atoms with van der Waals surface area (Å²) in [6.07, 6.45) is 11.5. The highest BCUT2D eigenvalue weighted by molar-refractivity contribution is 6.10. The van der Waals surface area contributed by atoms with E-state index in [2.05, 4.69) is 40.2 Å². The third-order valence-corrected chi connectivity index (χ3v) is 3.70. The normalized spacial score (nSPS) is 13.0. The number of benzene rings is 1. The van der Waals surface area contributed by atoms with Gasteiger partial charge in [0.2, 0.25) is 0 Å². The van der Waals surface area contributed by atoms with Gasteiger partial charge >= 0.3 is 0 Å². The molecule has 6 heteroatoms. The van der Waals surface area contributed by atoms with Crippen LogP contribution in [-0.4, -0.2) is 31.8 Å². The highest BCUT2D eigenvalue weighted by atomic mass is 16.5. The first kappa shape index (κ1) is 24.5. The van der Waals surface area contributed by atoms with E-state index in [0.29, 0.717) is 19.0 Å². The van der Waals surface area contributed by atoms with Crippen LogP contribution in [0.4, 0.5) is 0 Å². The van der Waals surface area contributed by atoms with Gasteiger partial charge in [-0.2, -0.15) is 0 Å². The van der Waals surface area contributed by atoms with Gasteiger partial charge in [-0.3, -0.25) is 9.98 Å². The number of hydrogen-bond donors (Lipinski definition) is 2. The summed E-state index contributed by atoms with van der Waals surface area (Å²) in [5, 5.41) is 3.05. The molecule has 0 aromatic heterocycles. The summed E-state index contributed by atoms with van der Waals surface area (Å²) < 4.78 is 5.67. The van der Waals surface area contributed by atoms with Crippen molar-refractivity contribution in [3.63, 3.8) is 0 Å². The number of nitrogens with two attached hydrogens (primary N) is 1. The predicted octanol–water partition coefficient (Wildman–Crippen LogP) is 4.65. The second-order valence-corrected chi connectivity index (χ2v) is 6.27. The topological polar surface area (TPSA) is 84.4 Å². The lowest BCUT2D eigenvalue weighted by Crippen LogP contribution is -2.07. The maximum Gasteiger partial charge on any atom is 0.122 e. The molecule has 0 atom stereocenters. The van der Waals surface area contributed by atoms with Gasteiger partial charge < -0.3 is 15.8 Å². The lowest BCUT2D eigenvalue weighted by atomic mass is 10.1. The van der Waals surface area contributed by atoms with Gasteiger partial charge in [-0.1, -0.05) is 37.4 Å². The number of allylic oxidation sites excluding steroid dienone is 5. The molecule has 158 valence electrons. The second kappa shape index (κ2) is 14.5. The summed E-state index contributed by atoms with van der Waals surface area (Å²) in [5.74, 6) is 1.30. The maximum absolute atomic E-state index is 5.67. The average molecular weight is 406 g/mol. The van der Waals surface area contributed by atoms with E-state index in [-0.39, 0.29) is 0 Å². The Balaban J connectivity index is 3.05. The third-order valence-electron chi connectivity index (χ3n) is 3.70. The number of nitrogens with zero attached hydrogens (tertiary/aromatic N) is 3. The highest BCUT2D eigenvalue weighted by Gasteiger charge is 2.01. The van der Waals surface area contributed by atoms with E-state index in [1.54, 1.807) is 12.4 Å². The van der Waals surface area contributed by atoms with Gasteiger partial charge in [0.15, 0.2) is 0 Å². The van der Waals surface area contributed by atoms with Crippen LogP contribution in [0, 0.1) is 0 Å². The quantitative estimate of drug-likeness (QED) is 0.285. The fourth-order valence-electron chi connectivity index (χ4n) is 2.29. The number of rotatable bonds is 13. The first-order chi connectivity index (χ1) is 14.5. The summed E-state index contributed by atoms with van der Waals surface area (Å²) in [7, 11) is 0. The van der Waals surface area contributed by atoms with Crippen LogP contribution in [0.5, 0.6) is 5.75 Å². The predicted molar refractivity (Wildman–Crippen MR) is 130 cm³/mol. The zero-order valence-electron chi connectivity index (χ0n) is 17.8. The molecule has 30 heavy (non-hydrogen) atoms. The molecule has 0 spiro atoms. The molecule has 0 bridgehead atoms. The molecule has 0 aliphatic rings. The Labute approximate surface area is 179 Å². The molecule has 1 aromatic rings. The van der Waals surface area contributed by atoms with E-state index >= 15 is 0 Å². The minimum Gasteiger partial charge on any atom is -0.494 e. The smallest absolute Gasteiger partial charge is 0.122 e. The third kappa shape index (κ3) is 10.1. The van der Waals surface area contributed by atoms with E-state index in [4.69, 9.17) is 10.5 Å². The van der Waals surface area contributed by atoms with Gasteiger partial charge in [0.25, 0.3) is 0 Å². The van der Waals surface area contributed by atoms with Gasteiger partial charge in [-0.05, 0) is 57.3 Å². The van der Waals surface area contributed by atoms with E-state index in [1.165, 1.54) is 6.20 Å². The highest BCUT2D eigenvalue weighted by Crippen LogP contribution is 2.18. The molecule has 0 amide bonds. The van der Waals surface area contributed by atoms with Crippen molar-refractivity contribution in [2.45, 2.75) is 20.3 Å². The van der Waals surface area contributed by atoms with Crippen molar-refractivity contribution >= 4 is 24.2 Å². The van der Waals surface area contributed by atoms with Gasteiger partial charge in [-0.25, -0.2) is 4.99 Å². The minimum absolute atomic E-state index is 0.494.